The minimum atomic E-state index is 0.532. The molecule has 0 atom stereocenters. The highest BCUT2D eigenvalue weighted by Crippen LogP contribution is 2.16. The molecule has 0 N–H and O–H groups in total. The van der Waals surface area contributed by atoms with Crippen LogP contribution in [0.4, 0.5) is 0 Å². The van der Waals surface area contributed by atoms with E-state index in [0.29, 0.717) is 9.03 Å². The lowest BCUT2D eigenvalue weighted by Crippen LogP contribution is -1.85. The van der Waals surface area contributed by atoms with Gasteiger partial charge in [0, 0.05) is 0 Å². The first kappa shape index (κ1) is 12.6. The second-order valence-electron chi connectivity index (χ2n) is 3.77. The largest absolute Gasteiger partial charge is 0.439 e. The van der Waals surface area contributed by atoms with Crippen LogP contribution in [-0.2, 0) is 9.05 Å². The average molecular weight is 227 g/mol. The molecule has 1 radical (unpaired) electrons. The summed E-state index contributed by atoms with van der Waals surface area (Å²) in [5, 5.41) is 0. The van der Waals surface area contributed by atoms with E-state index in [1.165, 1.54) is 51.4 Å². The highest BCUT2D eigenvalue weighted by Gasteiger charge is 1.95. The van der Waals surface area contributed by atoms with Crippen LogP contribution in [0.2, 0.25) is 0 Å². The third kappa shape index (κ3) is 8.50. The van der Waals surface area contributed by atoms with E-state index in [-0.39, 0.29) is 0 Å². The molecule has 1 fully saturated rings. The number of hydrogen-bond donors (Lipinski definition) is 0. The summed E-state index contributed by atoms with van der Waals surface area (Å²) in [4.78, 5) is 0. The van der Waals surface area contributed by atoms with Gasteiger partial charge in [0.05, 0.1) is 12.5 Å². The molecule has 0 spiro atoms. The van der Waals surface area contributed by atoms with Crippen LogP contribution in [-0.4, -0.2) is 0 Å². The van der Waals surface area contributed by atoms with Crippen molar-refractivity contribution >= 4 is 9.03 Å². The zero-order valence-corrected chi connectivity index (χ0v) is 10.1. The van der Waals surface area contributed by atoms with Crippen LogP contribution in [0.5, 0.6) is 0 Å². The fraction of sp³-hybridized carbons (Fsp3) is 0.667. The highest BCUT2D eigenvalue weighted by molar-refractivity contribution is 7.26. The van der Waals surface area contributed by atoms with E-state index in [1.54, 1.807) is 24.7 Å². The summed E-state index contributed by atoms with van der Waals surface area (Å²) in [6, 6.07) is 0. The van der Waals surface area contributed by atoms with Crippen molar-refractivity contribution in [2.75, 3.05) is 0 Å². The van der Waals surface area contributed by atoms with Crippen LogP contribution in [0.25, 0.3) is 0 Å². The normalized spacial score (nSPS) is 20.8. The molecular formula is C12H20O2P. The van der Waals surface area contributed by atoms with Gasteiger partial charge in [-0.25, -0.2) is 0 Å². The highest BCUT2D eigenvalue weighted by atomic mass is 31.1. The van der Waals surface area contributed by atoms with Crippen molar-refractivity contribution in [3.8, 4) is 0 Å². The standard InChI is InChI=1S/C8H16.C4H4O2P/c1-2-4-6-8-7-5-3-1;1-2-4-6-7-5-3-1/h1-8H2;1-4H. The molecule has 2 nitrogen and oxygen atoms in total. The molecule has 1 saturated carbocycles. The van der Waals surface area contributed by atoms with E-state index in [1.807, 2.05) is 0 Å². The number of rotatable bonds is 0. The molecule has 15 heavy (non-hydrogen) atoms. The van der Waals surface area contributed by atoms with Gasteiger partial charge < -0.3 is 9.05 Å². The van der Waals surface area contributed by atoms with E-state index >= 15 is 0 Å². The Morgan fingerprint density at radius 1 is 0.600 bits per heavy atom. The molecular weight excluding hydrogens is 207 g/mol. The molecule has 0 aromatic heterocycles. The molecule has 0 bridgehead atoms. The van der Waals surface area contributed by atoms with Crippen LogP contribution >= 0.6 is 9.03 Å². The molecule has 2 rings (SSSR count). The van der Waals surface area contributed by atoms with Gasteiger partial charge in [-0.2, -0.15) is 0 Å². The van der Waals surface area contributed by atoms with Crippen LogP contribution < -0.4 is 0 Å². The summed E-state index contributed by atoms with van der Waals surface area (Å²) in [7, 11) is 0.532. The third-order valence-corrected chi connectivity index (χ3v) is 2.89. The molecule has 85 valence electrons. The maximum Gasteiger partial charge on any atom is 0.403 e. The summed E-state index contributed by atoms with van der Waals surface area (Å²) < 4.78 is 9.40. The van der Waals surface area contributed by atoms with Crippen molar-refractivity contribution < 1.29 is 9.05 Å². The van der Waals surface area contributed by atoms with Gasteiger partial charge in [0.25, 0.3) is 0 Å². The Hall–Kier alpha value is -0.490. The molecule has 1 aliphatic heterocycles. The van der Waals surface area contributed by atoms with Gasteiger partial charge in [-0.05, 0) is 12.2 Å². The lowest BCUT2D eigenvalue weighted by Gasteiger charge is -2.05. The summed E-state index contributed by atoms with van der Waals surface area (Å²) in [5.74, 6) is 0. The minimum absolute atomic E-state index is 0.532. The molecule has 1 aliphatic carbocycles. The molecule has 1 heterocycles. The van der Waals surface area contributed by atoms with Crippen LogP contribution in [0.3, 0.4) is 0 Å². The molecule has 0 saturated heterocycles. The Balaban J connectivity index is 0.000000151. The third-order valence-electron chi connectivity index (χ3n) is 2.48. The van der Waals surface area contributed by atoms with Crippen molar-refractivity contribution in [3.63, 3.8) is 0 Å². The molecule has 2 aliphatic rings. The van der Waals surface area contributed by atoms with E-state index < -0.39 is 0 Å². The Morgan fingerprint density at radius 2 is 0.933 bits per heavy atom. The van der Waals surface area contributed by atoms with Gasteiger partial charge in [-0.1, -0.05) is 51.4 Å². The molecule has 0 aromatic rings. The Kier molecular flexibility index (Phi) is 8.42. The van der Waals surface area contributed by atoms with Crippen molar-refractivity contribution in [2.45, 2.75) is 51.4 Å². The van der Waals surface area contributed by atoms with E-state index in [2.05, 4.69) is 0 Å². The lowest BCUT2D eigenvalue weighted by molar-refractivity contribution is 0.438. The van der Waals surface area contributed by atoms with Gasteiger partial charge in [0.15, 0.2) is 0 Å². The fourth-order valence-electron chi connectivity index (χ4n) is 1.65. The second-order valence-corrected chi connectivity index (χ2v) is 4.34. The summed E-state index contributed by atoms with van der Waals surface area (Å²) >= 11 is 0. The Morgan fingerprint density at radius 3 is 1.27 bits per heavy atom. The lowest BCUT2D eigenvalue weighted by atomic mass is 10.0. The van der Waals surface area contributed by atoms with Gasteiger partial charge in [-0.3, -0.25) is 0 Å². The van der Waals surface area contributed by atoms with Gasteiger partial charge in [0.1, 0.15) is 0 Å². The maximum atomic E-state index is 4.70. The van der Waals surface area contributed by atoms with Gasteiger partial charge >= 0.3 is 9.03 Å². The number of hydrogen-bond acceptors (Lipinski definition) is 2. The van der Waals surface area contributed by atoms with Crippen molar-refractivity contribution in [3.05, 3.63) is 24.7 Å². The van der Waals surface area contributed by atoms with E-state index in [0.717, 1.165) is 0 Å². The molecule has 0 unspecified atom stereocenters. The predicted molar refractivity (Wildman–Crippen MR) is 64.3 cm³/mol. The molecule has 3 heteroatoms. The fourth-order valence-corrected chi connectivity index (χ4v) is 1.94. The molecule has 0 aromatic carbocycles. The first-order valence-electron chi connectivity index (χ1n) is 5.84. The Labute approximate surface area is 94.7 Å². The second kappa shape index (κ2) is 10.0. The predicted octanol–water partition coefficient (Wildman–Crippen LogP) is 4.96. The SMILES string of the molecule is C1=CO[P]OC=C1.C1CCCCCCC1. The average Bonchev–Trinajstić information content (AvgIpc) is 2.48. The van der Waals surface area contributed by atoms with E-state index in [9.17, 15) is 0 Å². The monoisotopic (exact) mass is 227 g/mol. The van der Waals surface area contributed by atoms with Crippen LogP contribution in [0.15, 0.2) is 24.7 Å². The quantitative estimate of drug-likeness (QED) is 0.544. The summed E-state index contributed by atoms with van der Waals surface area (Å²) in [5.41, 5.74) is 0. The first-order valence-corrected chi connectivity index (χ1v) is 6.57. The smallest absolute Gasteiger partial charge is 0.403 e. The van der Waals surface area contributed by atoms with E-state index in [4.69, 9.17) is 9.05 Å². The first-order chi connectivity index (χ1) is 7.50. The summed E-state index contributed by atoms with van der Waals surface area (Å²) in [6.07, 6.45) is 18.7. The zero-order chi connectivity index (χ0) is 10.6. The minimum Gasteiger partial charge on any atom is -0.439 e. The zero-order valence-electron chi connectivity index (χ0n) is 9.23. The number of allylic oxidation sites excluding steroid dienone is 2. The van der Waals surface area contributed by atoms with Crippen molar-refractivity contribution in [1.29, 1.82) is 0 Å². The summed E-state index contributed by atoms with van der Waals surface area (Å²) in [6.45, 7) is 0. The van der Waals surface area contributed by atoms with Gasteiger partial charge in [-0.15, -0.1) is 0 Å². The Bertz CT molecular complexity index is 154. The van der Waals surface area contributed by atoms with Crippen molar-refractivity contribution in [2.24, 2.45) is 0 Å². The molecule has 0 amide bonds. The maximum absolute atomic E-state index is 4.70. The topological polar surface area (TPSA) is 18.5 Å². The van der Waals surface area contributed by atoms with Gasteiger partial charge in [0.2, 0.25) is 0 Å². The van der Waals surface area contributed by atoms with Crippen LogP contribution in [0, 0.1) is 0 Å². The van der Waals surface area contributed by atoms with Crippen molar-refractivity contribution in [1.82, 2.24) is 0 Å². The van der Waals surface area contributed by atoms with Crippen LogP contribution in [0.1, 0.15) is 51.4 Å².